The topological polar surface area (TPSA) is 34.1 Å². The fourth-order valence-electron chi connectivity index (χ4n) is 1.70. The molecule has 0 aliphatic carbocycles. The van der Waals surface area contributed by atoms with Crippen LogP contribution in [0.15, 0.2) is 24.5 Å². The van der Waals surface area contributed by atoms with E-state index < -0.39 is 0 Å². The Morgan fingerprint density at radius 2 is 1.93 bits per heavy atom. The van der Waals surface area contributed by atoms with Crippen molar-refractivity contribution in [2.75, 3.05) is 19.7 Å². The van der Waals surface area contributed by atoms with Crippen LogP contribution in [0.1, 0.15) is 12.8 Å². The molecule has 0 bridgehead atoms. The van der Waals surface area contributed by atoms with Crippen molar-refractivity contribution in [3.8, 4) is 5.75 Å². The quantitative estimate of drug-likeness (QED) is 0.858. The van der Waals surface area contributed by atoms with Crippen molar-refractivity contribution in [2.45, 2.75) is 12.8 Å². The minimum Gasteiger partial charge on any atom is -0.493 e. The summed E-state index contributed by atoms with van der Waals surface area (Å²) >= 11 is 0. The Hall–Kier alpha value is -0.800. The molecule has 0 atom stereocenters. The van der Waals surface area contributed by atoms with Crippen molar-refractivity contribution in [1.82, 2.24) is 10.3 Å². The molecule has 4 heteroatoms. The van der Waals surface area contributed by atoms with Crippen LogP contribution >= 0.6 is 12.4 Å². The van der Waals surface area contributed by atoms with Gasteiger partial charge in [-0.05, 0) is 44.0 Å². The predicted octanol–water partition coefficient (Wildman–Crippen LogP) is 1.88. The minimum atomic E-state index is 0. The number of nitrogens with zero attached hydrogens (tertiary/aromatic N) is 1. The average Bonchev–Trinajstić information content (AvgIpc) is 2.29. The van der Waals surface area contributed by atoms with Gasteiger partial charge in [0.2, 0.25) is 0 Å². The maximum atomic E-state index is 5.68. The van der Waals surface area contributed by atoms with Crippen LogP contribution < -0.4 is 10.1 Å². The van der Waals surface area contributed by atoms with E-state index in [0.29, 0.717) is 5.92 Å². The summed E-state index contributed by atoms with van der Waals surface area (Å²) in [5.41, 5.74) is 0. The van der Waals surface area contributed by atoms with Gasteiger partial charge in [-0.25, -0.2) is 0 Å². The highest BCUT2D eigenvalue weighted by atomic mass is 35.5. The van der Waals surface area contributed by atoms with Crippen molar-refractivity contribution >= 4 is 12.4 Å². The second kappa shape index (κ2) is 6.64. The molecule has 1 saturated heterocycles. The standard InChI is InChI=1S/C11H16N2O.ClH/c1-5-12-6-2-10(1)9-14-11-3-7-13-8-4-11;/h3-4,7-8,10,12H,1-2,5-6,9H2;1H. The number of hydrogen-bond acceptors (Lipinski definition) is 3. The van der Waals surface area contributed by atoms with Crippen molar-refractivity contribution in [3.63, 3.8) is 0 Å². The molecule has 1 aliphatic heterocycles. The highest BCUT2D eigenvalue weighted by molar-refractivity contribution is 5.85. The lowest BCUT2D eigenvalue weighted by Crippen LogP contribution is -2.30. The molecule has 0 aromatic carbocycles. The van der Waals surface area contributed by atoms with Crippen LogP contribution in [-0.2, 0) is 0 Å². The van der Waals surface area contributed by atoms with Gasteiger partial charge in [0.15, 0.2) is 0 Å². The second-order valence-corrected chi connectivity index (χ2v) is 3.69. The van der Waals surface area contributed by atoms with Crippen LogP contribution in [0.4, 0.5) is 0 Å². The van der Waals surface area contributed by atoms with E-state index in [2.05, 4.69) is 10.3 Å². The van der Waals surface area contributed by atoms with Gasteiger partial charge in [-0.2, -0.15) is 0 Å². The van der Waals surface area contributed by atoms with Gasteiger partial charge >= 0.3 is 0 Å². The Morgan fingerprint density at radius 1 is 1.27 bits per heavy atom. The zero-order valence-electron chi connectivity index (χ0n) is 8.69. The van der Waals surface area contributed by atoms with Crippen molar-refractivity contribution in [3.05, 3.63) is 24.5 Å². The van der Waals surface area contributed by atoms with E-state index in [1.807, 2.05) is 12.1 Å². The molecule has 0 unspecified atom stereocenters. The minimum absolute atomic E-state index is 0. The lowest BCUT2D eigenvalue weighted by atomic mass is 9.99. The summed E-state index contributed by atoms with van der Waals surface area (Å²) in [7, 11) is 0. The molecule has 1 fully saturated rings. The fraction of sp³-hybridized carbons (Fsp3) is 0.545. The summed E-state index contributed by atoms with van der Waals surface area (Å²) in [6.45, 7) is 3.10. The molecule has 2 rings (SSSR count). The Bertz CT molecular complexity index is 263. The molecule has 0 radical (unpaired) electrons. The molecule has 1 N–H and O–H groups in total. The molecule has 0 spiro atoms. The van der Waals surface area contributed by atoms with Gasteiger partial charge < -0.3 is 10.1 Å². The molecule has 84 valence electrons. The maximum absolute atomic E-state index is 5.68. The van der Waals surface area contributed by atoms with Crippen LogP contribution in [0.25, 0.3) is 0 Å². The average molecular weight is 229 g/mol. The molecule has 2 heterocycles. The van der Waals surface area contributed by atoms with Crippen LogP contribution in [0.3, 0.4) is 0 Å². The molecule has 0 amide bonds. The zero-order valence-corrected chi connectivity index (χ0v) is 9.50. The number of halogens is 1. The zero-order chi connectivity index (χ0) is 9.64. The Morgan fingerprint density at radius 3 is 2.60 bits per heavy atom. The summed E-state index contributed by atoms with van der Waals surface area (Å²) in [4.78, 5) is 3.95. The third-order valence-corrected chi connectivity index (χ3v) is 2.59. The molecular formula is C11H17ClN2O. The lowest BCUT2D eigenvalue weighted by Gasteiger charge is -2.22. The molecule has 15 heavy (non-hydrogen) atoms. The molecule has 1 aromatic rings. The van der Waals surface area contributed by atoms with E-state index in [4.69, 9.17) is 4.74 Å². The molecule has 1 aromatic heterocycles. The summed E-state index contributed by atoms with van der Waals surface area (Å²) < 4.78 is 5.68. The van der Waals surface area contributed by atoms with E-state index >= 15 is 0 Å². The number of aromatic nitrogens is 1. The number of nitrogens with one attached hydrogen (secondary N) is 1. The van der Waals surface area contributed by atoms with Gasteiger partial charge in [0.05, 0.1) is 6.61 Å². The third kappa shape index (κ3) is 4.06. The fourth-order valence-corrected chi connectivity index (χ4v) is 1.70. The van der Waals surface area contributed by atoms with Crippen molar-refractivity contribution in [2.24, 2.45) is 5.92 Å². The summed E-state index contributed by atoms with van der Waals surface area (Å²) in [5.74, 6) is 1.64. The highest BCUT2D eigenvalue weighted by Crippen LogP contribution is 2.14. The summed E-state index contributed by atoms with van der Waals surface area (Å²) in [6, 6.07) is 3.81. The monoisotopic (exact) mass is 228 g/mol. The SMILES string of the molecule is Cl.c1cc(OCC2CCNCC2)ccn1. The Labute approximate surface area is 96.7 Å². The van der Waals surface area contributed by atoms with Gasteiger partial charge in [0.1, 0.15) is 5.75 Å². The Kier molecular flexibility index (Phi) is 5.43. The van der Waals surface area contributed by atoms with Gasteiger partial charge in [0.25, 0.3) is 0 Å². The van der Waals surface area contributed by atoms with Gasteiger partial charge in [-0.1, -0.05) is 0 Å². The second-order valence-electron chi connectivity index (χ2n) is 3.69. The first kappa shape index (κ1) is 12.3. The first-order chi connectivity index (χ1) is 6.95. The number of pyridine rings is 1. The molecule has 0 saturated carbocycles. The summed E-state index contributed by atoms with van der Waals surface area (Å²) in [5, 5.41) is 3.35. The largest absolute Gasteiger partial charge is 0.493 e. The molecule has 1 aliphatic rings. The first-order valence-electron chi connectivity index (χ1n) is 5.19. The first-order valence-corrected chi connectivity index (χ1v) is 5.19. The van der Waals surface area contributed by atoms with Gasteiger partial charge in [-0.3, -0.25) is 4.98 Å². The summed E-state index contributed by atoms with van der Waals surface area (Å²) in [6.07, 6.45) is 5.98. The lowest BCUT2D eigenvalue weighted by molar-refractivity contribution is 0.215. The third-order valence-electron chi connectivity index (χ3n) is 2.59. The van der Waals surface area contributed by atoms with Crippen LogP contribution in [0.5, 0.6) is 5.75 Å². The van der Waals surface area contributed by atoms with Crippen LogP contribution in [0, 0.1) is 5.92 Å². The van der Waals surface area contributed by atoms with E-state index in [-0.39, 0.29) is 12.4 Å². The molecular weight excluding hydrogens is 212 g/mol. The number of piperidine rings is 1. The maximum Gasteiger partial charge on any atom is 0.122 e. The normalized spacial score (nSPS) is 16.8. The van der Waals surface area contributed by atoms with E-state index in [0.717, 1.165) is 25.4 Å². The van der Waals surface area contributed by atoms with Crippen LogP contribution in [-0.4, -0.2) is 24.7 Å². The van der Waals surface area contributed by atoms with Crippen LogP contribution in [0.2, 0.25) is 0 Å². The Balaban J connectivity index is 0.00000112. The molecule has 3 nitrogen and oxygen atoms in total. The van der Waals surface area contributed by atoms with E-state index in [1.165, 1.54) is 12.8 Å². The number of hydrogen-bond donors (Lipinski definition) is 1. The number of rotatable bonds is 3. The smallest absolute Gasteiger partial charge is 0.122 e. The van der Waals surface area contributed by atoms with Gasteiger partial charge in [-0.15, -0.1) is 12.4 Å². The van der Waals surface area contributed by atoms with Gasteiger partial charge in [0, 0.05) is 12.4 Å². The predicted molar refractivity (Wildman–Crippen MR) is 62.6 cm³/mol. The van der Waals surface area contributed by atoms with E-state index in [9.17, 15) is 0 Å². The van der Waals surface area contributed by atoms with Crippen molar-refractivity contribution < 1.29 is 4.74 Å². The number of ether oxygens (including phenoxy) is 1. The van der Waals surface area contributed by atoms with E-state index in [1.54, 1.807) is 12.4 Å². The van der Waals surface area contributed by atoms with Crippen molar-refractivity contribution in [1.29, 1.82) is 0 Å². The highest BCUT2D eigenvalue weighted by Gasteiger charge is 2.13.